The van der Waals surface area contributed by atoms with Gasteiger partial charge < -0.3 is 20.3 Å². The van der Waals surface area contributed by atoms with Crippen molar-refractivity contribution in [1.29, 1.82) is 0 Å². The first-order valence-electron chi connectivity index (χ1n) is 30.2. The average molecular weight is 957 g/mol. The molecule has 3 atom stereocenters. The van der Waals surface area contributed by atoms with Gasteiger partial charge in [0.15, 0.2) is 0 Å². The fraction of sp³-hybridized carbons (Fsp3) is 0.871. The third-order valence-corrected chi connectivity index (χ3v) is 13.9. The Kier molecular flexibility index (Phi) is 54.4. The van der Waals surface area contributed by atoms with E-state index in [1.54, 1.807) is 0 Å². The van der Waals surface area contributed by atoms with Gasteiger partial charge in [0, 0.05) is 6.42 Å². The van der Waals surface area contributed by atoms with Gasteiger partial charge in [0.2, 0.25) is 5.91 Å². The first-order valence-corrected chi connectivity index (χ1v) is 30.2. The SMILES string of the molecule is CCCCC/C=C\C/C=C\CCCCCCCCCC(CC(=O)NC(CO)C(O)CCCCCCCCCCCCCCCCC)OC(=O)CCCCCCCCC/C=C/CCCCCCCC. The number of nitrogens with one attached hydrogen (secondary N) is 1. The molecule has 68 heavy (non-hydrogen) atoms. The summed E-state index contributed by atoms with van der Waals surface area (Å²) in [4.78, 5) is 26.3. The molecule has 0 aliphatic rings. The summed E-state index contributed by atoms with van der Waals surface area (Å²) in [7, 11) is 0. The number of allylic oxidation sites excluding steroid dienone is 6. The summed E-state index contributed by atoms with van der Waals surface area (Å²) in [6, 6.07) is -0.704. The second kappa shape index (κ2) is 56.0. The molecule has 0 aliphatic heterocycles. The van der Waals surface area contributed by atoms with Crippen LogP contribution in [0.2, 0.25) is 0 Å². The largest absolute Gasteiger partial charge is 0.462 e. The van der Waals surface area contributed by atoms with E-state index in [2.05, 4.69) is 62.5 Å². The molecule has 0 radical (unpaired) electrons. The summed E-state index contributed by atoms with van der Waals surface area (Å²) in [6.07, 6.45) is 67.8. The van der Waals surface area contributed by atoms with Gasteiger partial charge in [-0.05, 0) is 83.5 Å². The summed E-state index contributed by atoms with van der Waals surface area (Å²) < 4.78 is 5.97. The van der Waals surface area contributed by atoms with Crippen molar-refractivity contribution in [3.8, 4) is 0 Å². The monoisotopic (exact) mass is 956 g/mol. The van der Waals surface area contributed by atoms with E-state index in [1.165, 1.54) is 212 Å². The van der Waals surface area contributed by atoms with Crippen LogP contribution in [0.25, 0.3) is 0 Å². The Morgan fingerprint density at radius 1 is 0.426 bits per heavy atom. The molecule has 3 N–H and O–H groups in total. The van der Waals surface area contributed by atoms with Gasteiger partial charge in [0.05, 0.1) is 25.2 Å². The molecule has 1 amide bonds. The summed E-state index contributed by atoms with van der Waals surface area (Å²) in [5.74, 6) is -0.470. The minimum absolute atomic E-state index is 0.0737. The second-order valence-electron chi connectivity index (χ2n) is 20.7. The Bertz CT molecular complexity index is 1120. The zero-order valence-electron chi connectivity index (χ0n) is 45.8. The molecule has 6 nitrogen and oxygen atoms in total. The first kappa shape index (κ1) is 66.1. The van der Waals surface area contributed by atoms with E-state index in [0.29, 0.717) is 19.3 Å². The Balaban J connectivity index is 4.55. The predicted octanol–water partition coefficient (Wildman–Crippen LogP) is 18.8. The number of carbonyl (C=O) groups excluding carboxylic acids is 2. The highest BCUT2D eigenvalue weighted by molar-refractivity contribution is 5.77. The van der Waals surface area contributed by atoms with Gasteiger partial charge in [-0.15, -0.1) is 0 Å². The van der Waals surface area contributed by atoms with Crippen LogP contribution < -0.4 is 5.32 Å². The van der Waals surface area contributed by atoms with Crippen molar-refractivity contribution in [2.45, 2.75) is 341 Å². The summed E-state index contributed by atoms with van der Waals surface area (Å²) in [6.45, 7) is 6.49. The van der Waals surface area contributed by atoms with Crippen molar-refractivity contribution in [1.82, 2.24) is 5.32 Å². The highest BCUT2D eigenvalue weighted by Crippen LogP contribution is 2.19. The number of amides is 1. The van der Waals surface area contributed by atoms with Gasteiger partial charge in [-0.3, -0.25) is 9.59 Å². The Morgan fingerprint density at radius 2 is 0.750 bits per heavy atom. The molecule has 0 aromatic heterocycles. The highest BCUT2D eigenvalue weighted by atomic mass is 16.5. The van der Waals surface area contributed by atoms with Crippen LogP contribution in [0.1, 0.15) is 323 Å². The Morgan fingerprint density at radius 3 is 1.16 bits per heavy atom. The lowest BCUT2D eigenvalue weighted by molar-refractivity contribution is -0.151. The van der Waals surface area contributed by atoms with Crippen molar-refractivity contribution in [2.24, 2.45) is 0 Å². The van der Waals surface area contributed by atoms with Crippen molar-refractivity contribution in [3.05, 3.63) is 36.5 Å². The number of hydrogen-bond donors (Lipinski definition) is 3. The van der Waals surface area contributed by atoms with Crippen molar-refractivity contribution >= 4 is 11.9 Å². The molecule has 0 aromatic carbocycles. The number of rotatable bonds is 55. The number of aliphatic hydroxyl groups is 2. The third-order valence-electron chi connectivity index (χ3n) is 13.9. The molecule has 6 heteroatoms. The zero-order valence-corrected chi connectivity index (χ0v) is 45.8. The minimum Gasteiger partial charge on any atom is -0.462 e. The molecule has 0 saturated carbocycles. The topological polar surface area (TPSA) is 95.9 Å². The minimum atomic E-state index is -0.790. The highest BCUT2D eigenvalue weighted by Gasteiger charge is 2.24. The van der Waals surface area contributed by atoms with Gasteiger partial charge in [0.25, 0.3) is 0 Å². The molecule has 0 aromatic rings. The summed E-state index contributed by atoms with van der Waals surface area (Å²) in [5.41, 5.74) is 0. The molecule has 0 aliphatic carbocycles. The van der Waals surface area contributed by atoms with Crippen LogP contribution >= 0.6 is 0 Å². The Hall–Kier alpha value is -1.92. The van der Waals surface area contributed by atoms with Gasteiger partial charge in [0.1, 0.15) is 6.10 Å². The van der Waals surface area contributed by atoms with E-state index in [1.807, 2.05) is 0 Å². The van der Waals surface area contributed by atoms with Crippen LogP contribution in [0.4, 0.5) is 0 Å². The van der Waals surface area contributed by atoms with E-state index < -0.39 is 18.2 Å². The number of aliphatic hydroxyl groups excluding tert-OH is 2. The maximum absolute atomic E-state index is 13.3. The summed E-state index contributed by atoms with van der Waals surface area (Å²) in [5, 5.41) is 23.9. The molecule has 3 unspecified atom stereocenters. The fourth-order valence-electron chi connectivity index (χ4n) is 9.34. The van der Waals surface area contributed by atoms with E-state index >= 15 is 0 Å². The smallest absolute Gasteiger partial charge is 0.306 e. The third kappa shape index (κ3) is 50.5. The van der Waals surface area contributed by atoms with Gasteiger partial charge in [-0.25, -0.2) is 0 Å². The normalized spacial score (nSPS) is 13.3. The fourth-order valence-corrected chi connectivity index (χ4v) is 9.34. The molecular weight excluding hydrogens is 839 g/mol. The van der Waals surface area contributed by atoms with Gasteiger partial charge in [-0.2, -0.15) is 0 Å². The zero-order chi connectivity index (χ0) is 49.5. The van der Waals surface area contributed by atoms with Crippen molar-refractivity contribution in [3.63, 3.8) is 0 Å². The van der Waals surface area contributed by atoms with Gasteiger partial charge in [-0.1, -0.05) is 263 Å². The molecule has 0 fully saturated rings. The number of carbonyl (C=O) groups is 2. The molecule has 0 heterocycles. The maximum atomic E-state index is 13.3. The molecule has 0 bridgehead atoms. The second-order valence-corrected chi connectivity index (χ2v) is 20.7. The van der Waals surface area contributed by atoms with Crippen molar-refractivity contribution < 1.29 is 24.5 Å². The predicted molar refractivity (Wildman–Crippen MR) is 296 cm³/mol. The van der Waals surface area contributed by atoms with E-state index in [4.69, 9.17) is 4.74 Å². The van der Waals surface area contributed by atoms with E-state index in [-0.39, 0.29) is 24.9 Å². The first-order chi connectivity index (χ1) is 33.5. The van der Waals surface area contributed by atoms with Crippen LogP contribution in [-0.2, 0) is 14.3 Å². The van der Waals surface area contributed by atoms with E-state index in [0.717, 1.165) is 64.2 Å². The number of esters is 1. The van der Waals surface area contributed by atoms with Crippen LogP contribution in [0, 0.1) is 0 Å². The maximum Gasteiger partial charge on any atom is 0.306 e. The van der Waals surface area contributed by atoms with Gasteiger partial charge >= 0.3 is 5.97 Å². The van der Waals surface area contributed by atoms with Crippen LogP contribution in [-0.4, -0.2) is 46.9 Å². The number of hydrogen-bond acceptors (Lipinski definition) is 5. The van der Waals surface area contributed by atoms with Crippen LogP contribution in [0.3, 0.4) is 0 Å². The molecule has 0 saturated heterocycles. The molecule has 0 spiro atoms. The number of ether oxygens (including phenoxy) is 1. The lowest BCUT2D eigenvalue weighted by Gasteiger charge is -2.24. The summed E-state index contributed by atoms with van der Waals surface area (Å²) >= 11 is 0. The molecule has 0 rings (SSSR count). The lowest BCUT2D eigenvalue weighted by Crippen LogP contribution is -2.46. The molecule has 400 valence electrons. The van der Waals surface area contributed by atoms with Crippen LogP contribution in [0.15, 0.2) is 36.5 Å². The number of unbranched alkanes of at least 4 members (excludes halogenated alkanes) is 37. The standard InChI is InChI=1S/C62H117NO5/c1-4-7-10-13-16-19-22-25-28-30-33-35-38-41-44-47-50-53-58(68-62(67)55-52-49-46-43-40-37-34-31-29-26-23-20-17-14-11-8-5-2)56-61(66)63-59(57-64)60(65)54-51-48-45-42-39-36-32-27-24-21-18-15-12-9-6-3/h16,19,25-26,28-29,58-60,64-65H,4-15,17-18,20-24,27,30-57H2,1-3H3,(H,63,66)/b19-16-,28-25-,29-26+. The average Bonchev–Trinajstić information content (AvgIpc) is 3.33. The Labute approximate surface area is 424 Å². The molecular formula is C62H117NO5. The lowest BCUT2D eigenvalue weighted by atomic mass is 10.0. The quantitative estimate of drug-likeness (QED) is 0.0321. The van der Waals surface area contributed by atoms with Crippen molar-refractivity contribution in [2.75, 3.05) is 6.61 Å². The van der Waals surface area contributed by atoms with Crippen LogP contribution in [0.5, 0.6) is 0 Å². The van der Waals surface area contributed by atoms with E-state index in [9.17, 15) is 19.8 Å².